The van der Waals surface area contributed by atoms with E-state index in [1.54, 1.807) is 11.0 Å². The molecule has 90 valence electrons. The number of amides is 1. The largest absolute Gasteiger partial charge is 0.309 e. The summed E-state index contributed by atoms with van der Waals surface area (Å²) in [6.07, 6.45) is 2.63. The molecule has 1 aliphatic rings. The van der Waals surface area contributed by atoms with Gasteiger partial charge in [-0.05, 0) is 49.9 Å². The molecule has 0 fully saturated rings. The molecule has 1 aromatic rings. The van der Waals surface area contributed by atoms with Crippen molar-refractivity contribution in [2.45, 2.75) is 38.6 Å². The zero-order valence-electron chi connectivity index (χ0n) is 10.4. The number of anilines is 1. The molecule has 0 aliphatic carbocycles. The Balaban J connectivity index is 2.58. The lowest BCUT2D eigenvalue weighted by molar-refractivity contribution is -0.108. The van der Waals surface area contributed by atoms with Crippen LogP contribution < -0.4 is 4.90 Å². The summed E-state index contributed by atoms with van der Waals surface area (Å²) in [5, 5.41) is 0. The summed E-state index contributed by atoms with van der Waals surface area (Å²) in [5.74, 6) is 0.357. The average Bonchev–Trinajstić information content (AvgIpc) is 2.28. The Morgan fingerprint density at radius 2 is 2.06 bits per heavy atom. The number of hydrogen-bond acceptors (Lipinski definition) is 2. The first-order chi connectivity index (χ1) is 7.99. The molecule has 0 saturated carbocycles. The first kappa shape index (κ1) is 11.8. The van der Waals surface area contributed by atoms with E-state index in [4.69, 9.17) is 0 Å². The van der Waals surface area contributed by atoms with E-state index >= 15 is 0 Å². The highest BCUT2D eigenvalue weighted by molar-refractivity contribution is 5.84. The predicted molar refractivity (Wildman–Crippen MR) is 67.5 cm³/mol. The Hall–Kier alpha value is -1.64. The predicted octanol–water partition coefficient (Wildman–Crippen LogP) is 2.75. The van der Waals surface area contributed by atoms with Gasteiger partial charge < -0.3 is 4.90 Å². The molecule has 1 amide bonds. The minimum absolute atomic E-state index is 0.170. The second-order valence-electron chi connectivity index (χ2n) is 5.33. The maximum Gasteiger partial charge on any atom is 0.214 e. The maximum atomic E-state index is 11.3. The zero-order chi connectivity index (χ0) is 12.6. The number of nitrogens with zero attached hydrogens (tertiary/aromatic N) is 1. The van der Waals surface area contributed by atoms with Crippen LogP contribution in [-0.2, 0) is 4.79 Å². The van der Waals surface area contributed by atoms with Crippen LogP contribution in [0, 0.1) is 0 Å². The summed E-state index contributed by atoms with van der Waals surface area (Å²) in [5.41, 5.74) is 2.51. The van der Waals surface area contributed by atoms with Crippen molar-refractivity contribution in [3.8, 4) is 0 Å². The molecule has 1 unspecified atom stereocenters. The van der Waals surface area contributed by atoms with Crippen LogP contribution in [0.1, 0.15) is 49.0 Å². The molecule has 0 radical (unpaired) electrons. The average molecular weight is 231 g/mol. The molecule has 0 saturated heterocycles. The fraction of sp³-hybridized carbons (Fsp3) is 0.429. The zero-order valence-corrected chi connectivity index (χ0v) is 10.4. The van der Waals surface area contributed by atoms with Crippen molar-refractivity contribution in [2.75, 3.05) is 4.90 Å². The SMILES string of the molecule is CC1CC(C)(C)N(C=O)c2ccc(C=O)cc21. The van der Waals surface area contributed by atoms with Crippen LogP contribution in [0.2, 0.25) is 0 Å². The molecule has 3 nitrogen and oxygen atoms in total. The monoisotopic (exact) mass is 231 g/mol. The van der Waals surface area contributed by atoms with Crippen molar-refractivity contribution in [1.82, 2.24) is 0 Å². The third-order valence-electron chi connectivity index (χ3n) is 3.54. The van der Waals surface area contributed by atoms with Gasteiger partial charge in [-0.3, -0.25) is 9.59 Å². The van der Waals surface area contributed by atoms with Crippen LogP contribution in [0.25, 0.3) is 0 Å². The van der Waals surface area contributed by atoms with Gasteiger partial charge in [0.05, 0.1) is 0 Å². The molecule has 1 aliphatic heterocycles. The Labute approximate surface area is 101 Å². The minimum Gasteiger partial charge on any atom is -0.309 e. The fourth-order valence-corrected chi connectivity index (χ4v) is 2.74. The maximum absolute atomic E-state index is 11.3. The van der Waals surface area contributed by atoms with E-state index in [0.29, 0.717) is 11.5 Å². The van der Waals surface area contributed by atoms with Gasteiger partial charge in [0.2, 0.25) is 6.41 Å². The van der Waals surface area contributed by atoms with Crippen LogP contribution in [0.5, 0.6) is 0 Å². The summed E-state index contributed by atoms with van der Waals surface area (Å²) in [4.78, 5) is 23.8. The Morgan fingerprint density at radius 1 is 1.35 bits per heavy atom. The molecule has 17 heavy (non-hydrogen) atoms. The van der Waals surface area contributed by atoms with Gasteiger partial charge in [-0.15, -0.1) is 0 Å². The summed E-state index contributed by atoms with van der Waals surface area (Å²) in [7, 11) is 0. The van der Waals surface area contributed by atoms with Crippen LogP contribution in [0.15, 0.2) is 18.2 Å². The summed E-state index contributed by atoms with van der Waals surface area (Å²) in [6.45, 7) is 6.26. The highest BCUT2D eigenvalue weighted by atomic mass is 16.1. The molecule has 0 N–H and O–H groups in total. The number of benzene rings is 1. The molecule has 2 rings (SSSR count). The quantitative estimate of drug-likeness (QED) is 0.734. The van der Waals surface area contributed by atoms with E-state index in [9.17, 15) is 9.59 Å². The van der Waals surface area contributed by atoms with Crippen LogP contribution in [0.3, 0.4) is 0 Å². The van der Waals surface area contributed by atoms with Gasteiger partial charge in [0.1, 0.15) is 6.29 Å². The molecule has 3 heteroatoms. The fourth-order valence-electron chi connectivity index (χ4n) is 2.74. The van der Waals surface area contributed by atoms with E-state index in [1.807, 2.05) is 12.1 Å². The number of carbonyl (C=O) groups is 2. The lowest BCUT2D eigenvalue weighted by atomic mass is 9.80. The molecule has 0 spiro atoms. The summed E-state index contributed by atoms with van der Waals surface area (Å²) >= 11 is 0. The number of carbonyl (C=O) groups excluding carboxylic acids is 2. The van der Waals surface area contributed by atoms with E-state index in [1.165, 1.54) is 0 Å². The summed E-state index contributed by atoms with van der Waals surface area (Å²) in [6, 6.07) is 5.51. The smallest absolute Gasteiger partial charge is 0.214 e. The molecular formula is C14H17NO2. The summed E-state index contributed by atoms with van der Waals surface area (Å²) < 4.78 is 0. The van der Waals surface area contributed by atoms with E-state index < -0.39 is 0 Å². The van der Waals surface area contributed by atoms with Crippen LogP contribution in [0.4, 0.5) is 5.69 Å². The molecule has 1 atom stereocenters. The van der Waals surface area contributed by atoms with Gasteiger partial charge in [-0.25, -0.2) is 0 Å². The highest BCUT2D eigenvalue weighted by Gasteiger charge is 2.36. The molecule has 1 aromatic carbocycles. The molecular weight excluding hydrogens is 214 g/mol. The van der Waals surface area contributed by atoms with Crippen molar-refractivity contribution < 1.29 is 9.59 Å². The normalized spacial score (nSPS) is 21.8. The van der Waals surface area contributed by atoms with Gasteiger partial charge in [0, 0.05) is 16.8 Å². The van der Waals surface area contributed by atoms with Crippen molar-refractivity contribution in [3.63, 3.8) is 0 Å². The van der Waals surface area contributed by atoms with Crippen LogP contribution >= 0.6 is 0 Å². The van der Waals surface area contributed by atoms with Gasteiger partial charge in [-0.2, -0.15) is 0 Å². The van der Waals surface area contributed by atoms with Crippen molar-refractivity contribution in [3.05, 3.63) is 29.3 Å². The lowest BCUT2D eigenvalue weighted by Gasteiger charge is -2.44. The lowest BCUT2D eigenvalue weighted by Crippen LogP contribution is -2.47. The first-order valence-electron chi connectivity index (χ1n) is 5.83. The molecule has 1 heterocycles. The van der Waals surface area contributed by atoms with E-state index in [2.05, 4.69) is 20.8 Å². The Bertz CT molecular complexity index is 465. The second-order valence-corrected chi connectivity index (χ2v) is 5.33. The number of hydrogen-bond donors (Lipinski definition) is 0. The third-order valence-corrected chi connectivity index (χ3v) is 3.54. The van der Waals surface area contributed by atoms with E-state index in [0.717, 1.165) is 30.4 Å². The molecule has 0 aromatic heterocycles. The van der Waals surface area contributed by atoms with Gasteiger partial charge in [0.15, 0.2) is 0 Å². The first-order valence-corrected chi connectivity index (χ1v) is 5.83. The van der Waals surface area contributed by atoms with Gasteiger partial charge in [-0.1, -0.05) is 6.92 Å². The van der Waals surface area contributed by atoms with Crippen molar-refractivity contribution in [2.24, 2.45) is 0 Å². The van der Waals surface area contributed by atoms with Crippen molar-refractivity contribution >= 4 is 18.4 Å². The van der Waals surface area contributed by atoms with Gasteiger partial charge >= 0.3 is 0 Å². The standard InChI is InChI=1S/C14H17NO2/c1-10-7-14(2,3)15(9-17)13-5-4-11(8-16)6-12(10)13/h4-6,8-10H,7H2,1-3H3. The third kappa shape index (κ3) is 1.86. The van der Waals surface area contributed by atoms with E-state index in [-0.39, 0.29) is 5.54 Å². The van der Waals surface area contributed by atoms with Crippen LogP contribution in [-0.4, -0.2) is 18.2 Å². The number of rotatable bonds is 2. The second kappa shape index (κ2) is 3.99. The highest BCUT2D eigenvalue weighted by Crippen LogP contribution is 2.42. The minimum atomic E-state index is -0.170. The van der Waals surface area contributed by atoms with Crippen molar-refractivity contribution in [1.29, 1.82) is 0 Å². The van der Waals surface area contributed by atoms with Gasteiger partial charge in [0.25, 0.3) is 0 Å². The number of aldehydes is 1. The Morgan fingerprint density at radius 3 is 2.65 bits per heavy atom. The Kier molecular flexibility index (Phi) is 2.77. The molecule has 0 bridgehead atoms. The topological polar surface area (TPSA) is 37.4 Å². The number of fused-ring (bicyclic) bond motifs is 1.